The first-order chi connectivity index (χ1) is 12.2. The normalized spacial score (nSPS) is 13.7. The molecule has 0 bridgehead atoms. The summed E-state index contributed by atoms with van der Waals surface area (Å²) in [7, 11) is 0. The smallest absolute Gasteiger partial charge is 0.136 e. The number of aliphatic hydroxyl groups is 1. The van der Waals surface area contributed by atoms with E-state index in [0.29, 0.717) is 6.42 Å². The minimum absolute atomic E-state index is 0.0332. The predicted octanol–water partition coefficient (Wildman–Crippen LogP) is 5.37. The van der Waals surface area contributed by atoms with Gasteiger partial charge in [-0.25, -0.2) is 0 Å². The van der Waals surface area contributed by atoms with E-state index in [1.54, 1.807) is 0 Å². The van der Waals surface area contributed by atoms with Gasteiger partial charge >= 0.3 is 0 Å². The Hall–Kier alpha value is -1.45. The molecule has 0 aromatic rings. The highest BCUT2D eigenvalue weighted by atomic mass is 16.3. The number of carbonyl (C=O) groups excluding carboxylic acids is 1. The Bertz CT molecular complexity index is 420. The van der Waals surface area contributed by atoms with Gasteiger partial charge < -0.3 is 10.8 Å². The van der Waals surface area contributed by atoms with Crippen LogP contribution in [-0.2, 0) is 4.79 Å². The van der Waals surface area contributed by atoms with E-state index in [1.165, 1.54) is 25.7 Å². The molecule has 0 aliphatic heterocycles. The molecule has 3 heteroatoms. The third-order valence-electron chi connectivity index (χ3n) is 3.72. The summed E-state index contributed by atoms with van der Waals surface area (Å²) in [6.45, 7) is 2.23. The number of aliphatic hydroxyl groups excluding tert-OH is 1. The molecular weight excluding hydrogens is 310 g/mol. The van der Waals surface area contributed by atoms with Crippen molar-refractivity contribution in [1.82, 2.24) is 0 Å². The Morgan fingerprint density at radius 2 is 1.32 bits per heavy atom. The zero-order valence-electron chi connectivity index (χ0n) is 15.9. The maximum absolute atomic E-state index is 11.3. The lowest BCUT2D eigenvalue weighted by Crippen LogP contribution is -2.22. The second kappa shape index (κ2) is 18.9. The zero-order chi connectivity index (χ0) is 18.6. The van der Waals surface area contributed by atoms with E-state index in [2.05, 4.69) is 55.5 Å². The van der Waals surface area contributed by atoms with E-state index in [-0.39, 0.29) is 12.2 Å². The lowest BCUT2D eigenvalue weighted by Gasteiger charge is -2.01. The van der Waals surface area contributed by atoms with Gasteiger partial charge in [0.1, 0.15) is 12.0 Å². The lowest BCUT2D eigenvalue weighted by atomic mass is 10.1. The van der Waals surface area contributed by atoms with Gasteiger partial charge in [0.2, 0.25) is 0 Å². The van der Waals surface area contributed by atoms with Crippen LogP contribution in [0.5, 0.6) is 0 Å². The van der Waals surface area contributed by atoms with Crippen LogP contribution < -0.4 is 5.73 Å². The molecule has 0 rings (SSSR count). The van der Waals surface area contributed by atoms with Crippen molar-refractivity contribution in [3.63, 3.8) is 0 Å². The van der Waals surface area contributed by atoms with Gasteiger partial charge in [-0.15, -0.1) is 0 Å². The van der Waals surface area contributed by atoms with Crippen molar-refractivity contribution in [2.75, 3.05) is 0 Å². The molecule has 1 unspecified atom stereocenters. The number of allylic oxidation sites excluding steroid dienone is 8. The highest BCUT2D eigenvalue weighted by Gasteiger charge is 2.04. The molecule has 1 atom stereocenters. The van der Waals surface area contributed by atoms with E-state index >= 15 is 0 Å². The van der Waals surface area contributed by atoms with Gasteiger partial charge in [0.25, 0.3) is 0 Å². The standard InChI is InChI=1S/C22H37NO2/c1-2-3-4-5-6-7-8-9-10-11-12-13-14-15-16-17-18-19-21(24)20-22(23)25/h6-7,9-10,12-13,15-16,22,25H,2-5,8,11,14,17-20,23H2,1H3/b7-6-,10-9-,13-12-,16-15-. The van der Waals surface area contributed by atoms with Crippen molar-refractivity contribution in [2.45, 2.75) is 83.8 Å². The van der Waals surface area contributed by atoms with E-state index < -0.39 is 6.23 Å². The van der Waals surface area contributed by atoms with Gasteiger partial charge in [0.05, 0.1) is 0 Å². The summed E-state index contributed by atoms with van der Waals surface area (Å²) in [4.78, 5) is 11.3. The number of Topliss-reactive ketones (excluding diaryl/α,β-unsaturated/α-hetero) is 1. The molecule has 0 aromatic heterocycles. The molecule has 0 aliphatic rings. The molecule has 0 fully saturated rings. The number of rotatable bonds is 16. The number of unbranched alkanes of at least 4 members (excludes halogenated alkanes) is 4. The first-order valence-corrected chi connectivity index (χ1v) is 9.72. The molecule has 25 heavy (non-hydrogen) atoms. The highest BCUT2D eigenvalue weighted by Crippen LogP contribution is 2.03. The van der Waals surface area contributed by atoms with Crippen LogP contribution in [0.3, 0.4) is 0 Å². The molecule has 0 aliphatic carbocycles. The predicted molar refractivity (Wildman–Crippen MR) is 108 cm³/mol. The molecule has 0 heterocycles. The summed E-state index contributed by atoms with van der Waals surface area (Å²) >= 11 is 0. The largest absolute Gasteiger partial charge is 0.378 e. The summed E-state index contributed by atoms with van der Waals surface area (Å²) in [5.74, 6) is 0.0332. The Morgan fingerprint density at radius 1 is 0.840 bits per heavy atom. The van der Waals surface area contributed by atoms with Gasteiger partial charge in [-0.2, -0.15) is 0 Å². The maximum atomic E-state index is 11.3. The first kappa shape index (κ1) is 23.5. The van der Waals surface area contributed by atoms with Crippen molar-refractivity contribution in [1.29, 1.82) is 0 Å². The van der Waals surface area contributed by atoms with Crippen LogP contribution in [0.2, 0.25) is 0 Å². The van der Waals surface area contributed by atoms with Crippen molar-refractivity contribution in [2.24, 2.45) is 5.73 Å². The third-order valence-corrected chi connectivity index (χ3v) is 3.72. The summed E-state index contributed by atoms with van der Waals surface area (Å²) in [6, 6.07) is 0. The zero-order valence-corrected chi connectivity index (χ0v) is 15.9. The summed E-state index contributed by atoms with van der Waals surface area (Å²) in [6.07, 6.45) is 26.8. The van der Waals surface area contributed by atoms with Crippen LogP contribution in [0.1, 0.15) is 77.6 Å². The molecular formula is C22H37NO2. The van der Waals surface area contributed by atoms with Gasteiger partial charge in [-0.05, 0) is 44.9 Å². The van der Waals surface area contributed by atoms with Crippen LogP contribution in [0.25, 0.3) is 0 Å². The van der Waals surface area contributed by atoms with Gasteiger partial charge in [0.15, 0.2) is 0 Å². The molecule has 0 spiro atoms. The number of hydrogen-bond donors (Lipinski definition) is 2. The molecule has 0 saturated carbocycles. The molecule has 0 saturated heterocycles. The molecule has 0 aromatic carbocycles. The fourth-order valence-electron chi connectivity index (χ4n) is 2.31. The van der Waals surface area contributed by atoms with Gasteiger partial charge in [-0.1, -0.05) is 68.4 Å². The average molecular weight is 348 g/mol. The lowest BCUT2D eigenvalue weighted by molar-refractivity contribution is -0.120. The Morgan fingerprint density at radius 3 is 1.80 bits per heavy atom. The van der Waals surface area contributed by atoms with E-state index in [9.17, 15) is 4.79 Å². The maximum Gasteiger partial charge on any atom is 0.136 e. The minimum atomic E-state index is -1.01. The Balaban J connectivity index is 3.47. The van der Waals surface area contributed by atoms with E-state index in [4.69, 9.17) is 10.8 Å². The van der Waals surface area contributed by atoms with Crippen LogP contribution in [0, 0.1) is 0 Å². The van der Waals surface area contributed by atoms with Crippen molar-refractivity contribution >= 4 is 5.78 Å². The molecule has 0 amide bonds. The second-order valence-electron chi connectivity index (χ2n) is 6.29. The van der Waals surface area contributed by atoms with Crippen LogP contribution >= 0.6 is 0 Å². The number of nitrogens with two attached hydrogens (primary N) is 1. The van der Waals surface area contributed by atoms with Crippen LogP contribution in [0.15, 0.2) is 48.6 Å². The van der Waals surface area contributed by atoms with Gasteiger partial charge in [0, 0.05) is 12.8 Å². The second-order valence-corrected chi connectivity index (χ2v) is 6.29. The quantitative estimate of drug-likeness (QED) is 0.224. The number of hydrogen-bond acceptors (Lipinski definition) is 3. The fourth-order valence-corrected chi connectivity index (χ4v) is 2.31. The number of carbonyl (C=O) groups is 1. The van der Waals surface area contributed by atoms with Crippen molar-refractivity contribution in [3.8, 4) is 0 Å². The van der Waals surface area contributed by atoms with Gasteiger partial charge in [-0.3, -0.25) is 4.79 Å². The Labute approximate surface area is 154 Å². The fraction of sp³-hybridized carbons (Fsp3) is 0.591. The molecule has 3 N–H and O–H groups in total. The topological polar surface area (TPSA) is 63.3 Å². The van der Waals surface area contributed by atoms with Crippen molar-refractivity contribution < 1.29 is 9.90 Å². The monoisotopic (exact) mass is 347 g/mol. The van der Waals surface area contributed by atoms with Crippen LogP contribution in [-0.4, -0.2) is 17.1 Å². The minimum Gasteiger partial charge on any atom is -0.378 e. The summed E-state index contributed by atoms with van der Waals surface area (Å²) in [5.41, 5.74) is 5.16. The summed E-state index contributed by atoms with van der Waals surface area (Å²) < 4.78 is 0. The SMILES string of the molecule is CCCCC/C=C\C/C=C\C/C=C\C/C=C\CCCC(=O)CC(N)O. The summed E-state index contributed by atoms with van der Waals surface area (Å²) in [5, 5.41) is 8.89. The van der Waals surface area contributed by atoms with E-state index in [1.807, 2.05) is 0 Å². The van der Waals surface area contributed by atoms with E-state index in [0.717, 1.165) is 32.1 Å². The molecule has 0 radical (unpaired) electrons. The Kier molecular flexibility index (Phi) is 17.8. The molecule has 142 valence electrons. The number of ketones is 1. The average Bonchev–Trinajstić information content (AvgIpc) is 2.57. The van der Waals surface area contributed by atoms with Crippen LogP contribution in [0.4, 0.5) is 0 Å². The third kappa shape index (κ3) is 20.5. The molecule has 3 nitrogen and oxygen atoms in total. The highest BCUT2D eigenvalue weighted by molar-refractivity contribution is 5.78. The van der Waals surface area contributed by atoms with Crippen molar-refractivity contribution in [3.05, 3.63) is 48.6 Å². The first-order valence-electron chi connectivity index (χ1n) is 9.72.